The maximum atomic E-state index is 13.3. The van der Waals surface area contributed by atoms with Crippen molar-refractivity contribution in [3.05, 3.63) is 34.1 Å². The fourth-order valence-electron chi connectivity index (χ4n) is 2.57. The third kappa shape index (κ3) is 3.76. The van der Waals surface area contributed by atoms with E-state index in [1.807, 2.05) is 0 Å². The molecule has 1 unspecified atom stereocenters. The Morgan fingerprint density at radius 3 is 2.63 bits per heavy atom. The molecule has 1 N–H and O–H groups in total. The standard InChI is InChI=1S/C14H17BrFNO2/c15-11-8-10(4-5-12(11)16)13(9-14(18)19)17-6-2-1-3-7-17/h4-5,8,13H,1-3,6-7,9H2,(H,18,19). The zero-order chi connectivity index (χ0) is 13.8. The lowest BCUT2D eigenvalue weighted by Crippen LogP contribution is -2.35. The second-order valence-corrected chi connectivity index (χ2v) is 5.74. The first-order valence-corrected chi connectivity index (χ1v) is 7.28. The highest BCUT2D eigenvalue weighted by molar-refractivity contribution is 9.10. The van der Waals surface area contributed by atoms with Crippen molar-refractivity contribution in [2.45, 2.75) is 31.7 Å². The van der Waals surface area contributed by atoms with Gasteiger partial charge >= 0.3 is 5.97 Å². The molecule has 1 saturated heterocycles. The normalized spacial score (nSPS) is 18.2. The van der Waals surface area contributed by atoms with Gasteiger partial charge in [-0.3, -0.25) is 9.69 Å². The van der Waals surface area contributed by atoms with E-state index in [0.29, 0.717) is 4.47 Å². The van der Waals surface area contributed by atoms with Crippen molar-refractivity contribution >= 4 is 21.9 Å². The number of rotatable bonds is 4. The first-order chi connectivity index (χ1) is 9.08. The summed E-state index contributed by atoms with van der Waals surface area (Å²) in [6.45, 7) is 1.82. The van der Waals surface area contributed by atoms with E-state index in [9.17, 15) is 9.18 Å². The minimum Gasteiger partial charge on any atom is -0.481 e. The number of benzene rings is 1. The second kappa shape index (κ2) is 6.48. The predicted octanol–water partition coefficient (Wildman–Crippen LogP) is 3.59. The van der Waals surface area contributed by atoms with E-state index in [0.717, 1.165) is 31.5 Å². The minimum atomic E-state index is -0.823. The molecule has 0 saturated carbocycles. The molecule has 1 heterocycles. The third-order valence-electron chi connectivity index (χ3n) is 3.53. The summed E-state index contributed by atoms with van der Waals surface area (Å²) >= 11 is 3.16. The molecule has 2 rings (SSSR count). The zero-order valence-electron chi connectivity index (χ0n) is 10.6. The van der Waals surface area contributed by atoms with Crippen LogP contribution in [0.3, 0.4) is 0 Å². The van der Waals surface area contributed by atoms with E-state index in [-0.39, 0.29) is 18.3 Å². The summed E-state index contributed by atoms with van der Waals surface area (Å²) in [6, 6.07) is 4.59. The maximum absolute atomic E-state index is 13.3. The molecule has 1 aromatic rings. The number of hydrogen-bond acceptors (Lipinski definition) is 2. The van der Waals surface area contributed by atoms with Crippen LogP contribution in [-0.2, 0) is 4.79 Å². The Morgan fingerprint density at radius 2 is 2.05 bits per heavy atom. The Kier molecular flexibility index (Phi) is 4.93. The van der Waals surface area contributed by atoms with Gasteiger partial charge in [0.25, 0.3) is 0 Å². The molecule has 0 amide bonds. The van der Waals surface area contributed by atoms with Crippen LogP contribution in [0.25, 0.3) is 0 Å². The zero-order valence-corrected chi connectivity index (χ0v) is 12.2. The molecule has 1 aromatic carbocycles. The summed E-state index contributed by atoms with van der Waals surface area (Å²) in [5.41, 5.74) is 0.859. The quantitative estimate of drug-likeness (QED) is 0.917. The number of hydrogen-bond donors (Lipinski definition) is 1. The number of likely N-dealkylation sites (tertiary alicyclic amines) is 1. The Morgan fingerprint density at radius 1 is 1.37 bits per heavy atom. The van der Waals surface area contributed by atoms with E-state index >= 15 is 0 Å². The summed E-state index contributed by atoms with van der Waals surface area (Å²) in [5.74, 6) is -1.15. The van der Waals surface area contributed by atoms with Crippen LogP contribution < -0.4 is 0 Å². The van der Waals surface area contributed by atoms with Crippen LogP contribution in [0.2, 0.25) is 0 Å². The lowest BCUT2D eigenvalue weighted by atomic mass is 9.99. The average molecular weight is 330 g/mol. The smallest absolute Gasteiger partial charge is 0.305 e. The molecule has 104 valence electrons. The van der Waals surface area contributed by atoms with Crippen LogP contribution in [0, 0.1) is 5.82 Å². The van der Waals surface area contributed by atoms with Crippen LogP contribution in [0.1, 0.15) is 37.3 Å². The topological polar surface area (TPSA) is 40.5 Å². The van der Waals surface area contributed by atoms with Gasteiger partial charge in [-0.2, -0.15) is 0 Å². The number of piperidine rings is 1. The first kappa shape index (κ1) is 14.5. The third-order valence-corrected chi connectivity index (χ3v) is 4.14. The molecule has 1 atom stereocenters. The number of nitrogens with zero attached hydrogens (tertiary/aromatic N) is 1. The highest BCUT2D eigenvalue weighted by atomic mass is 79.9. The summed E-state index contributed by atoms with van der Waals surface area (Å²) in [5, 5.41) is 9.09. The Hall–Kier alpha value is -0.940. The summed E-state index contributed by atoms with van der Waals surface area (Å²) in [6.07, 6.45) is 3.44. The van der Waals surface area contributed by atoms with Crippen molar-refractivity contribution in [3.63, 3.8) is 0 Å². The largest absolute Gasteiger partial charge is 0.481 e. The number of carboxylic acids is 1. The number of halogens is 2. The van der Waals surface area contributed by atoms with Gasteiger partial charge in [0.2, 0.25) is 0 Å². The molecule has 5 heteroatoms. The molecule has 1 aliphatic heterocycles. The van der Waals surface area contributed by atoms with Gasteiger partial charge in [0.05, 0.1) is 10.9 Å². The minimum absolute atomic E-state index is 0.0536. The van der Waals surface area contributed by atoms with Crippen molar-refractivity contribution in [2.24, 2.45) is 0 Å². The molecular weight excluding hydrogens is 313 g/mol. The molecule has 0 radical (unpaired) electrons. The number of carboxylic acid groups (broad SMARTS) is 1. The van der Waals surface area contributed by atoms with E-state index in [2.05, 4.69) is 20.8 Å². The van der Waals surface area contributed by atoms with Crippen molar-refractivity contribution in [2.75, 3.05) is 13.1 Å². The van der Waals surface area contributed by atoms with Crippen LogP contribution in [0.5, 0.6) is 0 Å². The van der Waals surface area contributed by atoms with Gasteiger partial charge < -0.3 is 5.11 Å². The van der Waals surface area contributed by atoms with Gasteiger partial charge in [-0.15, -0.1) is 0 Å². The predicted molar refractivity (Wildman–Crippen MR) is 74.5 cm³/mol. The lowest BCUT2D eigenvalue weighted by molar-refractivity contribution is -0.138. The highest BCUT2D eigenvalue weighted by Gasteiger charge is 2.25. The Labute approximate surface area is 120 Å². The van der Waals surface area contributed by atoms with E-state index < -0.39 is 5.97 Å². The summed E-state index contributed by atoms with van der Waals surface area (Å²) in [7, 11) is 0. The number of aliphatic carboxylic acids is 1. The van der Waals surface area contributed by atoms with E-state index in [1.165, 1.54) is 12.5 Å². The SMILES string of the molecule is O=C(O)CC(c1ccc(F)c(Br)c1)N1CCCCC1. The second-order valence-electron chi connectivity index (χ2n) is 4.88. The van der Waals surface area contributed by atoms with Crippen molar-refractivity contribution in [3.8, 4) is 0 Å². The van der Waals surface area contributed by atoms with Crippen LogP contribution >= 0.6 is 15.9 Å². The molecule has 19 heavy (non-hydrogen) atoms. The lowest BCUT2D eigenvalue weighted by Gasteiger charge is -2.34. The van der Waals surface area contributed by atoms with Gasteiger partial charge in [0, 0.05) is 6.04 Å². The molecule has 0 aromatic heterocycles. The Bertz CT molecular complexity index is 461. The van der Waals surface area contributed by atoms with E-state index in [1.54, 1.807) is 12.1 Å². The van der Waals surface area contributed by atoms with Gasteiger partial charge in [-0.05, 0) is 59.6 Å². The first-order valence-electron chi connectivity index (χ1n) is 6.48. The molecule has 1 aliphatic rings. The molecule has 0 aliphatic carbocycles. The van der Waals surface area contributed by atoms with Gasteiger partial charge in [-0.25, -0.2) is 4.39 Å². The van der Waals surface area contributed by atoms with Gasteiger partial charge in [0.15, 0.2) is 0 Å². The number of carbonyl (C=O) groups is 1. The highest BCUT2D eigenvalue weighted by Crippen LogP contribution is 2.30. The maximum Gasteiger partial charge on any atom is 0.305 e. The molecule has 1 fully saturated rings. The fraction of sp³-hybridized carbons (Fsp3) is 0.500. The van der Waals surface area contributed by atoms with Crippen molar-refractivity contribution < 1.29 is 14.3 Å². The van der Waals surface area contributed by atoms with Gasteiger partial charge in [-0.1, -0.05) is 12.5 Å². The molecular formula is C14H17BrFNO2. The van der Waals surface area contributed by atoms with Gasteiger partial charge in [0.1, 0.15) is 5.82 Å². The fourth-order valence-corrected chi connectivity index (χ4v) is 2.97. The van der Waals surface area contributed by atoms with Crippen LogP contribution in [0.15, 0.2) is 22.7 Å². The summed E-state index contributed by atoms with van der Waals surface area (Å²) in [4.78, 5) is 13.3. The van der Waals surface area contributed by atoms with Crippen LogP contribution in [-0.4, -0.2) is 29.1 Å². The Balaban J connectivity index is 2.24. The van der Waals surface area contributed by atoms with Crippen molar-refractivity contribution in [1.82, 2.24) is 4.90 Å². The monoisotopic (exact) mass is 329 g/mol. The average Bonchev–Trinajstić information content (AvgIpc) is 2.40. The molecule has 0 bridgehead atoms. The van der Waals surface area contributed by atoms with Crippen LogP contribution in [0.4, 0.5) is 4.39 Å². The molecule has 0 spiro atoms. The summed E-state index contributed by atoms with van der Waals surface area (Å²) < 4.78 is 13.7. The van der Waals surface area contributed by atoms with E-state index in [4.69, 9.17) is 5.11 Å². The van der Waals surface area contributed by atoms with Crippen molar-refractivity contribution in [1.29, 1.82) is 0 Å². The molecule has 3 nitrogen and oxygen atoms in total.